The van der Waals surface area contributed by atoms with Crippen molar-refractivity contribution < 1.29 is 27.4 Å². The van der Waals surface area contributed by atoms with Gasteiger partial charge in [0.25, 0.3) is 0 Å². The van der Waals surface area contributed by atoms with Crippen molar-refractivity contribution in [1.82, 2.24) is 0 Å². The maximum Gasteiger partial charge on any atom is 0.337 e. The van der Waals surface area contributed by atoms with E-state index in [4.69, 9.17) is 31.0 Å². The van der Waals surface area contributed by atoms with E-state index in [2.05, 4.69) is 23.1 Å². The minimum atomic E-state index is -3.48. The predicted molar refractivity (Wildman–Crippen MR) is 172 cm³/mol. The van der Waals surface area contributed by atoms with Crippen LogP contribution in [0.25, 0.3) is 0 Å². The van der Waals surface area contributed by atoms with E-state index in [1.165, 1.54) is 23.8 Å². The lowest BCUT2D eigenvalue weighted by atomic mass is 9.66. The van der Waals surface area contributed by atoms with Crippen molar-refractivity contribution in [2.24, 2.45) is 22.9 Å². The van der Waals surface area contributed by atoms with Gasteiger partial charge >= 0.3 is 5.97 Å². The number of primary sulfonamides is 1. The van der Waals surface area contributed by atoms with Crippen LogP contribution in [0.2, 0.25) is 5.02 Å². The number of hydrogen-bond acceptors (Lipinski definition) is 7. The Labute approximate surface area is 265 Å². The zero-order valence-electron chi connectivity index (χ0n) is 25.6. The molecule has 3 aliphatic carbocycles. The van der Waals surface area contributed by atoms with Gasteiger partial charge in [-0.3, -0.25) is 0 Å². The van der Waals surface area contributed by atoms with E-state index in [0.29, 0.717) is 30.4 Å². The van der Waals surface area contributed by atoms with Gasteiger partial charge in [0, 0.05) is 30.6 Å². The van der Waals surface area contributed by atoms with Gasteiger partial charge in [-0.1, -0.05) is 23.7 Å². The first-order valence-corrected chi connectivity index (χ1v) is 17.8. The van der Waals surface area contributed by atoms with Crippen molar-refractivity contribution in [1.29, 1.82) is 0 Å². The molecule has 0 amide bonds. The molecule has 8 nitrogen and oxygen atoms in total. The monoisotopic (exact) mass is 642 g/mol. The van der Waals surface area contributed by atoms with Gasteiger partial charge in [-0.05, 0) is 116 Å². The van der Waals surface area contributed by atoms with Gasteiger partial charge in [0.2, 0.25) is 10.0 Å². The summed E-state index contributed by atoms with van der Waals surface area (Å²) in [7, 11) is -0.293. The molecule has 1 fully saturated rings. The normalized spacial score (nSPS) is 27.2. The summed E-state index contributed by atoms with van der Waals surface area (Å²) in [4.78, 5) is 15.0. The second kappa shape index (κ2) is 12.7. The van der Waals surface area contributed by atoms with Crippen molar-refractivity contribution >= 4 is 33.3 Å². The number of sulfonamides is 1. The van der Waals surface area contributed by atoms with Crippen LogP contribution in [0.1, 0.15) is 66.4 Å². The van der Waals surface area contributed by atoms with E-state index in [9.17, 15) is 13.2 Å². The predicted octanol–water partition coefficient (Wildman–Crippen LogP) is 5.66. The smallest absolute Gasteiger partial charge is 0.337 e. The number of halogens is 1. The van der Waals surface area contributed by atoms with E-state index in [1.807, 2.05) is 18.2 Å². The molecule has 2 aromatic rings. The van der Waals surface area contributed by atoms with Crippen LogP contribution >= 0.6 is 11.6 Å². The molecule has 1 saturated carbocycles. The van der Waals surface area contributed by atoms with Gasteiger partial charge < -0.3 is 19.1 Å². The second-order valence-corrected chi connectivity index (χ2v) is 15.3. The van der Waals surface area contributed by atoms with E-state index >= 15 is 0 Å². The Morgan fingerprint density at radius 1 is 1.16 bits per heavy atom. The number of fused-ring (bicyclic) bond motifs is 3. The standard InChI is InChI=1S/C34H43ClN2O6S/c1-41-32(23-7-5-22(6-8-23)19-44(36,39)40)28-12-9-26(28)18-37-20-34(15-3-4-24-16-27(35)11-13-29(24)34)21-43-31-14-10-25(17-30(31)37)33(38)42-2/h7,10-11,13-14,16-17,22,26,28,32H,3-6,8-9,12,15,18-21H2,1-2H3,(H2,36,39,40)/t22-,26-,28+,32+,34?/m0/s1. The number of benzene rings is 2. The minimum Gasteiger partial charge on any atom is -0.490 e. The van der Waals surface area contributed by atoms with Crippen molar-refractivity contribution in [3.63, 3.8) is 0 Å². The summed E-state index contributed by atoms with van der Waals surface area (Å²) in [5.74, 6) is 1.25. The van der Waals surface area contributed by atoms with Crippen LogP contribution in [0.15, 0.2) is 48.0 Å². The fraction of sp³-hybridized carbons (Fsp3) is 0.559. The molecular weight excluding hydrogens is 600 g/mol. The summed E-state index contributed by atoms with van der Waals surface area (Å²) in [6, 6.07) is 11.9. The second-order valence-electron chi connectivity index (χ2n) is 13.2. The van der Waals surface area contributed by atoms with Crippen LogP contribution in [0, 0.1) is 17.8 Å². The van der Waals surface area contributed by atoms with E-state index in [0.717, 1.165) is 74.5 Å². The lowest BCUT2D eigenvalue weighted by Gasteiger charge is -2.47. The molecule has 1 heterocycles. The fourth-order valence-corrected chi connectivity index (χ4v) is 9.26. The molecule has 1 aliphatic heterocycles. The SMILES string of the molecule is COC(=O)c1ccc2c(c1)N(C[C@@H]1CC[C@H]1[C@H](OC)C1=CC[C@H](CS(N)(=O)=O)CC1)CC1(CCCc3cc(Cl)ccc31)CO2. The molecule has 4 aliphatic rings. The number of carbonyl (C=O) groups is 1. The van der Waals surface area contributed by atoms with Crippen LogP contribution in [-0.2, 0) is 31.3 Å². The average molecular weight is 643 g/mol. The van der Waals surface area contributed by atoms with Crippen LogP contribution < -0.4 is 14.8 Å². The highest BCUT2D eigenvalue weighted by molar-refractivity contribution is 7.89. The first-order valence-electron chi connectivity index (χ1n) is 15.7. The van der Waals surface area contributed by atoms with Gasteiger partial charge in [-0.25, -0.2) is 18.4 Å². The molecule has 0 bridgehead atoms. The number of allylic oxidation sites excluding steroid dienone is 1. The zero-order chi connectivity index (χ0) is 31.1. The Hall–Kier alpha value is -2.59. The van der Waals surface area contributed by atoms with Crippen molar-refractivity contribution in [3.8, 4) is 5.75 Å². The number of rotatable bonds is 8. The zero-order valence-corrected chi connectivity index (χ0v) is 27.2. The number of aryl methyl sites for hydroxylation is 1. The molecule has 44 heavy (non-hydrogen) atoms. The van der Waals surface area contributed by atoms with Crippen LogP contribution in [0.4, 0.5) is 5.69 Å². The largest absolute Gasteiger partial charge is 0.490 e. The van der Waals surface area contributed by atoms with Gasteiger partial charge in [-0.15, -0.1) is 0 Å². The topological polar surface area (TPSA) is 108 Å². The maximum atomic E-state index is 12.6. The Kier molecular flexibility index (Phi) is 9.03. The van der Waals surface area contributed by atoms with Crippen molar-refractivity contribution in [3.05, 3.63) is 69.8 Å². The Bertz CT molecular complexity index is 1540. The summed E-state index contributed by atoms with van der Waals surface area (Å²) < 4.78 is 41.1. The number of nitrogens with two attached hydrogens (primary N) is 1. The molecule has 10 heteroatoms. The summed E-state index contributed by atoms with van der Waals surface area (Å²) in [6.45, 7) is 2.15. The van der Waals surface area contributed by atoms with E-state index in [-0.39, 0.29) is 29.2 Å². The molecule has 1 unspecified atom stereocenters. The third-order valence-electron chi connectivity index (χ3n) is 10.4. The van der Waals surface area contributed by atoms with Gasteiger partial charge in [-0.2, -0.15) is 0 Å². The van der Waals surface area contributed by atoms with Gasteiger partial charge in [0.05, 0.1) is 36.8 Å². The van der Waals surface area contributed by atoms with E-state index in [1.54, 1.807) is 13.2 Å². The third-order valence-corrected chi connectivity index (χ3v) is 11.6. The number of esters is 1. The summed E-state index contributed by atoms with van der Waals surface area (Å²) in [6.07, 6.45) is 9.78. The quantitative estimate of drug-likeness (QED) is 0.293. The molecule has 2 aromatic carbocycles. The molecule has 6 rings (SSSR count). The molecular formula is C34H43ClN2O6S. The number of carbonyl (C=O) groups excluding carboxylic acids is 1. The maximum absolute atomic E-state index is 12.6. The summed E-state index contributed by atoms with van der Waals surface area (Å²) >= 11 is 6.42. The van der Waals surface area contributed by atoms with Crippen LogP contribution in [0.3, 0.4) is 0 Å². The average Bonchev–Trinajstić information content (AvgIpc) is 3.14. The van der Waals surface area contributed by atoms with Crippen LogP contribution in [-0.4, -0.2) is 60.2 Å². The first kappa shape index (κ1) is 31.4. The van der Waals surface area contributed by atoms with E-state index < -0.39 is 10.0 Å². The molecule has 0 saturated heterocycles. The highest BCUT2D eigenvalue weighted by atomic mass is 35.5. The number of nitrogens with zero attached hydrogens (tertiary/aromatic N) is 1. The van der Waals surface area contributed by atoms with Crippen molar-refractivity contribution in [2.75, 3.05) is 44.6 Å². The summed E-state index contributed by atoms with van der Waals surface area (Å²) in [5.41, 5.74) is 5.10. The Morgan fingerprint density at radius 2 is 2.00 bits per heavy atom. The number of hydrogen-bond donors (Lipinski definition) is 1. The Balaban J connectivity index is 1.29. The number of ether oxygens (including phenoxy) is 3. The molecule has 1 spiro atoms. The highest BCUT2D eigenvalue weighted by Crippen LogP contribution is 2.48. The summed E-state index contributed by atoms with van der Waals surface area (Å²) in [5, 5.41) is 6.08. The molecule has 5 atom stereocenters. The fourth-order valence-electron chi connectivity index (χ4n) is 8.11. The molecule has 2 N–H and O–H groups in total. The Morgan fingerprint density at radius 3 is 2.68 bits per heavy atom. The third kappa shape index (κ3) is 6.39. The van der Waals surface area contributed by atoms with Crippen LogP contribution in [0.5, 0.6) is 5.75 Å². The number of methoxy groups -OCH3 is 2. The first-order chi connectivity index (χ1) is 21.1. The van der Waals surface area contributed by atoms with Gasteiger partial charge in [0.1, 0.15) is 5.75 Å². The van der Waals surface area contributed by atoms with Crippen molar-refractivity contribution in [2.45, 2.75) is 62.9 Å². The van der Waals surface area contributed by atoms with Gasteiger partial charge in [0.15, 0.2) is 0 Å². The lowest BCUT2D eigenvalue weighted by molar-refractivity contribution is 0.00323. The number of anilines is 1. The lowest BCUT2D eigenvalue weighted by Crippen LogP contribution is -2.50. The molecule has 0 aromatic heterocycles. The molecule has 238 valence electrons. The minimum absolute atomic E-state index is 0.000191. The molecule has 0 radical (unpaired) electrons. The highest BCUT2D eigenvalue weighted by Gasteiger charge is 2.45.